The highest BCUT2D eigenvalue weighted by molar-refractivity contribution is 7.22. The Morgan fingerprint density at radius 3 is 2.55 bits per heavy atom. The Labute approximate surface area is 212 Å². The van der Waals surface area contributed by atoms with E-state index < -0.39 is 0 Å². The van der Waals surface area contributed by atoms with Crippen molar-refractivity contribution >= 4 is 68.2 Å². The maximum atomic E-state index is 13.9. The average Bonchev–Trinajstić information content (AvgIpc) is 3.32. The molecule has 0 bridgehead atoms. The third-order valence-electron chi connectivity index (χ3n) is 5.09. The van der Waals surface area contributed by atoms with Gasteiger partial charge in [0, 0.05) is 23.7 Å². The molecule has 0 saturated heterocycles. The number of thiazole rings is 1. The van der Waals surface area contributed by atoms with Crippen LogP contribution in [-0.2, 0) is 0 Å². The van der Waals surface area contributed by atoms with Gasteiger partial charge >= 0.3 is 0 Å². The van der Waals surface area contributed by atoms with Crippen molar-refractivity contribution in [1.82, 2.24) is 15.0 Å². The molecule has 0 aliphatic carbocycles. The van der Waals surface area contributed by atoms with E-state index in [-0.39, 0.29) is 18.3 Å². The van der Waals surface area contributed by atoms with Gasteiger partial charge in [0.1, 0.15) is 17.0 Å². The molecule has 0 fully saturated rings. The Bertz CT molecular complexity index is 1300. The smallest absolute Gasteiger partial charge is 0.266 e. The van der Waals surface area contributed by atoms with Crippen LogP contribution in [0.4, 0.5) is 5.13 Å². The summed E-state index contributed by atoms with van der Waals surface area (Å²) in [4.78, 5) is 22.4. The van der Waals surface area contributed by atoms with Crippen molar-refractivity contribution in [1.29, 1.82) is 0 Å². The summed E-state index contributed by atoms with van der Waals surface area (Å²) >= 11 is 14.1. The molecular weight excluding hydrogens is 503 g/mol. The molecule has 2 heterocycles. The van der Waals surface area contributed by atoms with E-state index in [4.69, 9.17) is 32.7 Å². The second-order valence-corrected chi connectivity index (χ2v) is 9.62. The SMILES string of the molecule is Cc1onc(-c2ccccc2Cl)c1C(=O)N(CCN(C)C)c1nc2c(C)cc(Cl)cc2s1.Cl. The Hall–Kier alpha value is -2.16. The molecule has 0 atom stereocenters. The van der Waals surface area contributed by atoms with Gasteiger partial charge in [0.05, 0.1) is 15.2 Å². The fourth-order valence-corrected chi connectivity index (χ4v) is 5.11. The lowest BCUT2D eigenvalue weighted by atomic mass is 10.1. The fourth-order valence-electron chi connectivity index (χ4n) is 3.44. The average molecular weight is 526 g/mol. The Morgan fingerprint density at radius 2 is 1.85 bits per heavy atom. The third-order valence-corrected chi connectivity index (χ3v) is 6.66. The first-order chi connectivity index (χ1) is 15.3. The molecule has 2 aromatic heterocycles. The van der Waals surface area contributed by atoms with Crippen LogP contribution in [-0.4, -0.2) is 48.1 Å². The topological polar surface area (TPSA) is 62.5 Å². The lowest BCUT2D eigenvalue weighted by molar-refractivity contribution is 0.0984. The van der Waals surface area contributed by atoms with Crippen LogP contribution in [0.2, 0.25) is 10.0 Å². The van der Waals surface area contributed by atoms with Crippen molar-refractivity contribution < 1.29 is 9.32 Å². The fraction of sp³-hybridized carbons (Fsp3) is 0.261. The molecule has 33 heavy (non-hydrogen) atoms. The van der Waals surface area contributed by atoms with E-state index in [1.165, 1.54) is 11.3 Å². The molecular formula is C23H23Cl3N4O2S. The van der Waals surface area contributed by atoms with E-state index in [0.717, 1.165) is 15.8 Å². The number of benzene rings is 2. The van der Waals surface area contributed by atoms with Gasteiger partial charge in [0.2, 0.25) is 0 Å². The number of likely N-dealkylation sites (N-methyl/N-ethyl adjacent to an activating group) is 1. The highest BCUT2D eigenvalue weighted by Crippen LogP contribution is 2.36. The Kier molecular flexibility index (Phi) is 8.03. The van der Waals surface area contributed by atoms with Gasteiger partial charge in [0.25, 0.3) is 5.91 Å². The van der Waals surface area contributed by atoms with Crippen molar-refractivity contribution in [3.05, 3.63) is 63.3 Å². The van der Waals surface area contributed by atoms with Gasteiger partial charge in [-0.05, 0) is 51.7 Å². The van der Waals surface area contributed by atoms with Crippen molar-refractivity contribution in [3.8, 4) is 11.3 Å². The molecule has 0 spiro atoms. The van der Waals surface area contributed by atoms with Crippen LogP contribution < -0.4 is 4.90 Å². The number of aryl methyl sites for hydroxylation is 2. The monoisotopic (exact) mass is 524 g/mol. The van der Waals surface area contributed by atoms with Gasteiger partial charge in [0.15, 0.2) is 5.13 Å². The molecule has 10 heteroatoms. The number of carbonyl (C=O) groups excluding carboxylic acids is 1. The van der Waals surface area contributed by atoms with E-state index in [9.17, 15) is 4.79 Å². The van der Waals surface area contributed by atoms with Crippen LogP contribution in [0.3, 0.4) is 0 Å². The molecule has 0 unspecified atom stereocenters. The zero-order valence-corrected chi connectivity index (χ0v) is 21.7. The minimum atomic E-state index is -0.233. The van der Waals surface area contributed by atoms with Gasteiger partial charge in [-0.25, -0.2) is 4.98 Å². The van der Waals surface area contributed by atoms with E-state index in [1.807, 2.05) is 56.3 Å². The largest absolute Gasteiger partial charge is 0.360 e. The minimum absolute atomic E-state index is 0. The molecule has 6 nitrogen and oxygen atoms in total. The predicted molar refractivity (Wildman–Crippen MR) is 139 cm³/mol. The van der Waals surface area contributed by atoms with Crippen molar-refractivity contribution in [2.45, 2.75) is 13.8 Å². The van der Waals surface area contributed by atoms with Gasteiger partial charge in [-0.3, -0.25) is 9.69 Å². The quantitative estimate of drug-likeness (QED) is 0.287. The van der Waals surface area contributed by atoms with Crippen LogP contribution in [0.15, 0.2) is 40.9 Å². The second kappa shape index (κ2) is 10.4. The maximum absolute atomic E-state index is 13.9. The number of carbonyl (C=O) groups is 1. The standard InChI is InChI=1S/C23H22Cl2N4O2S.ClH/c1-13-11-15(24)12-18-20(13)26-23(32-18)29(10-9-28(3)4)22(30)19-14(2)31-27-21(19)16-7-5-6-8-17(16)25;/h5-8,11-12H,9-10H2,1-4H3;1H. The zero-order valence-electron chi connectivity index (χ0n) is 18.6. The van der Waals surface area contributed by atoms with E-state index in [1.54, 1.807) is 17.9 Å². The molecule has 4 rings (SSSR count). The van der Waals surface area contributed by atoms with Crippen LogP contribution in [0.25, 0.3) is 21.5 Å². The second-order valence-electron chi connectivity index (χ2n) is 7.77. The third kappa shape index (κ3) is 5.18. The van der Waals surface area contributed by atoms with E-state index in [0.29, 0.717) is 50.8 Å². The molecule has 0 N–H and O–H groups in total. The predicted octanol–water partition coefficient (Wildman–Crippen LogP) is 6.51. The number of aromatic nitrogens is 2. The normalized spacial score (nSPS) is 11.1. The van der Waals surface area contributed by atoms with Crippen LogP contribution in [0.1, 0.15) is 21.7 Å². The molecule has 0 aliphatic heterocycles. The minimum Gasteiger partial charge on any atom is -0.360 e. The summed E-state index contributed by atoms with van der Waals surface area (Å²) in [7, 11) is 3.93. The molecule has 0 radical (unpaired) electrons. The number of fused-ring (bicyclic) bond motifs is 1. The molecule has 174 valence electrons. The number of anilines is 1. The summed E-state index contributed by atoms with van der Waals surface area (Å²) < 4.78 is 6.36. The number of nitrogens with zero attached hydrogens (tertiary/aromatic N) is 4. The van der Waals surface area contributed by atoms with Crippen molar-refractivity contribution in [2.24, 2.45) is 0 Å². The summed E-state index contributed by atoms with van der Waals surface area (Å²) in [5, 5.41) is 5.90. The van der Waals surface area contributed by atoms with Gasteiger partial charge in [-0.15, -0.1) is 12.4 Å². The number of hydrogen-bond acceptors (Lipinski definition) is 6. The highest BCUT2D eigenvalue weighted by atomic mass is 35.5. The number of halogens is 3. The summed E-state index contributed by atoms with van der Waals surface area (Å²) in [5.74, 6) is 0.198. The van der Waals surface area contributed by atoms with Gasteiger partial charge in [-0.1, -0.05) is 57.9 Å². The van der Waals surface area contributed by atoms with Crippen LogP contribution >= 0.6 is 46.9 Å². The first kappa shape index (κ1) is 25.5. The maximum Gasteiger partial charge on any atom is 0.266 e. The van der Waals surface area contributed by atoms with Crippen molar-refractivity contribution in [3.63, 3.8) is 0 Å². The summed E-state index contributed by atoms with van der Waals surface area (Å²) in [6.07, 6.45) is 0. The summed E-state index contributed by atoms with van der Waals surface area (Å²) in [6, 6.07) is 11.0. The number of rotatable bonds is 6. The lowest BCUT2D eigenvalue weighted by Crippen LogP contribution is -2.37. The van der Waals surface area contributed by atoms with Gasteiger partial charge < -0.3 is 9.42 Å². The highest BCUT2D eigenvalue weighted by Gasteiger charge is 2.29. The molecule has 2 aromatic carbocycles. The molecule has 1 amide bonds. The first-order valence-corrected chi connectivity index (χ1v) is 11.6. The van der Waals surface area contributed by atoms with Crippen molar-refractivity contribution in [2.75, 3.05) is 32.1 Å². The number of amides is 1. The summed E-state index contributed by atoms with van der Waals surface area (Å²) in [6.45, 7) is 4.80. The first-order valence-electron chi connectivity index (χ1n) is 10.0. The van der Waals surface area contributed by atoms with E-state index >= 15 is 0 Å². The number of hydrogen-bond donors (Lipinski definition) is 0. The summed E-state index contributed by atoms with van der Waals surface area (Å²) in [5.41, 5.74) is 3.26. The Morgan fingerprint density at radius 1 is 1.12 bits per heavy atom. The van der Waals surface area contributed by atoms with Crippen LogP contribution in [0.5, 0.6) is 0 Å². The molecule has 4 aromatic rings. The lowest BCUT2D eigenvalue weighted by Gasteiger charge is -2.22. The zero-order chi connectivity index (χ0) is 23.0. The van der Waals surface area contributed by atoms with Crippen LogP contribution in [0, 0.1) is 13.8 Å². The van der Waals surface area contributed by atoms with Gasteiger partial charge in [-0.2, -0.15) is 0 Å². The Balaban J connectivity index is 0.00000306. The van der Waals surface area contributed by atoms with E-state index in [2.05, 4.69) is 5.16 Å². The molecule has 0 saturated carbocycles. The molecule has 0 aliphatic rings.